The van der Waals surface area contributed by atoms with Gasteiger partial charge in [-0.15, -0.1) is 0 Å². The SMILES string of the molecule is Cc1ccc(COc2ccc(Cl)cc2[C@@H]2c3sc(=O)[nH]c3S[C@H]3C(=O)N(c4ccc(C)cc4)C(=O)[C@@H]23)cc1. The summed E-state index contributed by atoms with van der Waals surface area (Å²) in [6.45, 7) is 4.30. The molecule has 1 saturated heterocycles. The number of aromatic amines is 1. The molecule has 6 nitrogen and oxygen atoms in total. The lowest BCUT2D eigenvalue weighted by molar-refractivity contribution is -0.122. The standard InChI is InChI=1S/C29H23ClN2O4S2/c1-15-3-7-17(8-4-15)14-36-21-12-9-18(30)13-20(21)22-23-25(37-26-24(22)38-29(35)31-26)28(34)32(27(23)33)19-10-5-16(2)6-11-19/h3-13,22-23,25H,14H2,1-2H3,(H,31,35)/t22-,23-,25+/m0/s1. The molecule has 2 amide bonds. The number of rotatable bonds is 5. The van der Waals surface area contributed by atoms with E-state index in [2.05, 4.69) is 4.98 Å². The average Bonchev–Trinajstić information content (AvgIpc) is 3.39. The molecule has 0 bridgehead atoms. The van der Waals surface area contributed by atoms with Crippen LogP contribution in [0.1, 0.15) is 33.0 Å². The number of anilines is 1. The van der Waals surface area contributed by atoms with E-state index in [1.54, 1.807) is 30.3 Å². The van der Waals surface area contributed by atoms with E-state index in [1.165, 1.54) is 16.7 Å². The molecule has 0 unspecified atom stereocenters. The number of carbonyl (C=O) groups is 2. The topological polar surface area (TPSA) is 79.5 Å². The van der Waals surface area contributed by atoms with E-state index in [9.17, 15) is 14.4 Å². The Balaban J connectivity index is 1.44. The van der Waals surface area contributed by atoms with E-state index in [4.69, 9.17) is 16.3 Å². The van der Waals surface area contributed by atoms with Gasteiger partial charge in [-0.1, -0.05) is 82.2 Å². The summed E-state index contributed by atoms with van der Waals surface area (Å²) in [5.74, 6) is -1.31. The number of thiazole rings is 1. The highest BCUT2D eigenvalue weighted by Crippen LogP contribution is 2.54. The quantitative estimate of drug-likeness (QED) is 0.298. The number of thioether (sulfide) groups is 1. The van der Waals surface area contributed by atoms with Gasteiger partial charge < -0.3 is 9.72 Å². The Hall–Kier alpha value is -3.33. The minimum Gasteiger partial charge on any atom is -0.489 e. The number of imide groups is 1. The first kappa shape index (κ1) is 25.0. The number of benzene rings is 3. The first-order valence-corrected chi connectivity index (χ1v) is 14.2. The lowest BCUT2D eigenvalue weighted by atomic mass is 9.82. The van der Waals surface area contributed by atoms with Crippen molar-refractivity contribution >= 4 is 52.2 Å². The van der Waals surface area contributed by atoms with Crippen LogP contribution in [0.3, 0.4) is 0 Å². The van der Waals surface area contributed by atoms with Gasteiger partial charge in [0.1, 0.15) is 17.6 Å². The predicted molar refractivity (Wildman–Crippen MR) is 151 cm³/mol. The minimum atomic E-state index is -0.715. The van der Waals surface area contributed by atoms with Crippen LogP contribution in [0.5, 0.6) is 5.75 Å². The normalized spacial score (nSPS) is 20.4. The third-order valence-corrected chi connectivity index (χ3v) is 9.57. The second kappa shape index (κ2) is 9.76. The second-order valence-electron chi connectivity index (χ2n) is 9.55. The molecule has 0 aliphatic carbocycles. The molecule has 2 aliphatic rings. The molecule has 0 spiro atoms. The van der Waals surface area contributed by atoms with Crippen LogP contribution >= 0.6 is 34.7 Å². The van der Waals surface area contributed by atoms with Crippen LogP contribution in [0.4, 0.5) is 5.69 Å². The van der Waals surface area contributed by atoms with Crippen LogP contribution in [0.25, 0.3) is 0 Å². The van der Waals surface area contributed by atoms with Crippen molar-refractivity contribution in [2.45, 2.75) is 36.6 Å². The predicted octanol–water partition coefficient (Wildman–Crippen LogP) is 6.08. The number of hydrogen-bond donors (Lipinski definition) is 1. The highest BCUT2D eigenvalue weighted by Gasteiger charge is 2.56. The molecule has 38 heavy (non-hydrogen) atoms. The Labute approximate surface area is 232 Å². The number of H-pyrrole nitrogens is 1. The van der Waals surface area contributed by atoms with Crippen LogP contribution in [0.15, 0.2) is 76.6 Å². The maximum absolute atomic E-state index is 14.0. The first-order chi connectivity index (χ1) is 18.3. The Morgan fingerprint density at radius 3 is 2.32 bits per heavy atom. The van der Waals surface area contributed by atoms with Gasteiger partial charge in [-0.2, -0.15) is 0 Å². The fourth-order valence-electron chi connectivity index (χ4n) is 5.04. The van der Waals surface area contributed by atoms with E-state index < -0.39 is 17.1 Å². The van der Waals surface area contributed by atoms with Crippen molar-refractivity contribution in [3.63, 3.8) is 0 Å². The number of halogens is 1. The summed E-state index contributed by atoms with van der Waals surface area (Å²) >= 11 is 8.77. The molecule has 0 saturated carbocycles. The van der Waals surface area contributed by atoms with Crippen molar-refractivity contribution in [1.29, 1.82) is 0 Å². The van der Waals surface area contributed by atoms with Crippen LogP contribution in [-0.2, 0) is 16.2 Å². The van der Waals surface area contributed by atoms with E-state index in [0.29, 0.717) is 33.7 Å². The molecular formula is C29H23ClN2O4S2. The molecule has 192 valence electrons. The molecule has 3 aromatic carbocycles. The smallest absolute Gasteiger partial charge is 0.305 e. The summed E-state index contributed by atoms with van der Waals surface area (Å²) in [5.41, 5.74) is 4.41. The molecule has 3 heterocycles. The maximum atomic E-state index is 14.0. The summed E-state index contributed by atoms with van der Waals surface area (Å²) in [4.78, 5) is 44.7. The van der Waals surface area contributed by atoms with Crippen molar-refractivity contribution < 1.29 is 14.3 Å². The zero-order valence-corrected chi connectivity index (χ0v) is 23.0. The lowest BCUT2D eigenvalue weighted by Crippen LogP contribution is -2.32. The Kier molecular flexibility index (Phi) is 6.42. The number of nitrogens with zero attached hydrogens (tertiary/aromatic N) is 1. The van der Waals surface area contributed by atoms with Crippen molar-refractivity contribution in [1.82, 2.24) is 4.98 Å². The highest BCUT2D eigenvalue weighted by molar-refractivity contribution is 8.00. The van der Waals surface area contributed by atoms with Crippen molar-refractivity contribution in [3.05, 3.63) is 109 Å². The Morgan fingerprint density at radius 2 is 1.61 bits per heavy atom. The van der Waals surface area contributed by atoms with Crippen LogP contribution in [0, 0.1) is 19.8 Å². The Bertz CT molecular complexity index is 1610. The molecule has 1 aromatic heterocycles. The van der Waals surface area contributed by atoms with Gasteiger partial charge in [0.15, 0.2) is 0 Å². The van der Waals surface area contributed by atoms with E-state index >= 15 is 0 Å². The number of aromatic nitrogens is 1. The molecular weight excluding hydrogens is 540 g/mol. The minimum absolute atomic E-state index is 0.230. The number of nitrogens with one attached hydrogen (secondary N) is 1. The van der Waals surface area contributed by atoms with Gasteiger partial charge in [-0.25, -0.2) is 4.90 Å². The van der Waals surface area contributed by atoms with Gasteiger partial charge in [0, 0.05) is 21.4 Å². The van der Waals surface area contributed by atoms with Gasteiger partial charge in [-0.05, 0) is 49.7 Å². The van der Waals surface area contributed by atoms with Crippen molar-refractivity contribution in [2.24, 2.45) is 5.92 Å². The van der Waals surface area contributed by atoms with Gasteiger partial charge in [0.2, 0.25) is 11.8 Å². The summed E-state index contributed by atoms with van der Waals surface area (Å²) in [5, 5.41) is 0.409. The molecule has 3 atom stereocenters. The molecule has 1 fully saturated rings. The number of aryl methyl sites for hydroxylation is 2. The lowest BCUT2D eigenvalue weighted by Gasteiger charge is -2.31. The number of carbonyl (C=O) groups excluding carboxylic acids is 2. The zero-order chi connectivity index (χ0) is 26.6. The summed E-state index contributed by atoms with van der Waals surface area (Å²) in [7, 11) is 0. The van der Waals surface area contributed by atoms with Gasteiger partial charge in [-0.3, -0.25) is 14.4 Å². The number of hydrogen-bond acceptors (Lipinski definition) is 6. The molecule has 0 radical (unpaired) electrons. The summed E-state index contributed by atoms with van der Waals surface area (Å²) < 4.78 is 6.27. The number of amides is 2. The van der Waals surface area contributed by atoms with E-state index in [0.717, 1.165) is 32.9 Å². The monoisotopic (exact) mass is 562 g/mol. The van der Waals surface area contributed by atoms with E-state index in [-0.39, 0.29) is 16.7 Å². The average molecular weight is 563 g/mol. The first-order valence-electron chi connectivity index (χ1n) is 12.1. The third kappa shape index (κ3) is 4.36. The van der Waals surface area contributed by atoms with Crippen LogP contribution in [-0.4, -0.2) is 22.0 Å². The molecule has 4 aromatic rings. The van der Waals surface area contributed by atoms with Gasteiger partial charge in [0.05, 0.1) is 16.6 Å². The Morgan fingerprint density at radius 1 is 0.921 bits per heavy atom. The zero-order valence-electron chi connectivity index (χ0n) is 20.6. The fourth-order valence-corrected chi connectivity index (χ4v) is 7.73. The van der Waals surface area contributed by atoms with E-state index in [1.807, 2.05) is 50.2 Å². The van der Waals surface area contributed by atoms with Gasteiger partial charge >= 0.3 is 4.87 Å². The van der Waals surface area contributed by atoms with Crippen LogP contribution in [0.2, 0.25) is 5.02 Å². The molecule has 1 N–H and O–H groups in total. The third-order valence-electron chi connectivity index (χ3n) is 6.94. The summed E-state index contributed by atoms with van der Waals surface area (Å²) in [6.07, 6.45) is 0. The fraction of sp³-hybridized carbons (Fsp3) is 0.207. The highest BCUT2D eigenvalue weighted by atomic mass is 35.5. The van der Waals surface area contributed by atoms with Crippen molar-refractivity contribution in [3.8, 4) is 5.75 Å². The molecule has 9 heteroatoms. The largest absolute Gasteiger partial charge is 0.489 e. The molecule has 2 aliphatic heterocycles. The molecule has 6 rings (SSSR count). The van der Waals surface area contributed by atoms with Gasteiger partial charge in [0.25, 0.3) is 0 Å². The number of fused-ring (bicyclic) bond motifs is 2. The number of ether oxygens (including phenoxy) is 1. The maximum Gasteiger partial charge on any atom is 0.305 e. The summed E-state index contributed by atoms with van der Waals surface area (Å²) in [6, 6.07) is 20.7. The van der Waals surface area contributed by atoms with Crippen LogP contribution < -0.4 is 14.5 Å². The van der Waals surface area contributed by atoms with Crippen molar-refractivity contribution in [2.75, 3.05) is 4.90 Å². The second-order valence-corrected chi connectivity index (χ2v) is 12.2.